The summed E-state index contributed by atoms with van der Waals surface area (Å²) in [4.78, 5) is 31.3. The number of aryl methyl sites for hydroxylation is 1. The van der Waals surface area contributed by atoms with Crippen LogP contribution in [-0.2, 0) is 16.0 Å². The molecule has 3 heterocycles. The van der Waals surface area contributed by atoms with Crippen LogP contribution in [0.5, 0.6) is 0 Å². The van der Waals surface area contributed by atoms with Crippen LogP contribution in [0.3, 0.4) is 0 Å². The van der Waals surface area contributed by atoms with Crippen molar-refractivity contribution in [2.45, 2.75) is 33.1 Å². The number of hydrogen-bond donors (Lipinski definition) is 3. The first-order chi connectivity index (χ1) is 17.4. The third kappa shape index (κ3) is 4.71. The summed E-state index contributed by atoms with van der Waals surface area (Å²) in [6.07, 6.45) is 4.56. The minimum Gasteiger partial charge on any atom is -0.359 e. The molecule has 2 aliphatic heterocycles. The second kappa shape index (κ2) is 10.1. The SMILES string of the molecule is Cc1[nH]c(C=C2C(=O)Nc3cccc(-c4ccccc4F)c32)c(C)c1CC(=O)NCCN1CCCC1. The summed E-state index contributed by atoms with van der Waals surface area (Å²) in [5.74, 6) is -0.583. The number of aromatic amines is 1. The van der Waals surface area contributed by atoms with E-state index in [2.05, 4.69) is 20.5 Å². The number of nitrogens with one attached hydrogen (secondary N) is 3. The zero-order valence-corrected chi connectivity index (χ0v) is 20.7. The molecule has 6 nitrogen and oxygen atoms in total. The fourth-order valence-electron chi connectivity index (χ4n) is 5.24. The first-order valence-electron chi connectivity index (χ1n) is 12.5. The number of H-pyrrole nitrogens is 1. The molecule has 186 valence electrons. The quantitative estimate of drug-likeness (QED) is 0.424. The number of nitrogens with zero attached hydrogens (tertiary/aromatic N) is 1. The Balaban J connectivity index is 1.40. The van der Waals surface area contributed by atoms with Gasteiger partial charge in [-0.25, -0.2) is 4.39 Å². The predicted octanol–water partition coefficient (Wildman–Crippen LogP) is 4.68. The molecule has 0 spiro atoms. The van der Waals surface area contributed by atoms with Gasteiger partial charge in [0.1, 0.15) is 5.82 Å². The van der Waals surface area contributed by atoms with E-state index in [9.17, 15) is 14.0 Å². The van der Waals surface area contributed by atoms with Crippen LogP contribution < -0.4 is 10.6 Å². The van der Waals surface area contributed by atoms with Crippen LogP contribution in [0.15, 0.2) is 42.5 Å². The lowest BCUT2D eigenvalue weighted by molar-refractivity contribution is -0.120. The van der Waals surface area contributed by atoms with Gasteiger partial charge in [0.25, 0.3) is 5.91 Å². The van der Waals surface area contributed by atoms with Crippen molar-refractivity contribution >= 4 is 29.2 Å². The number of fused-ring (bicyclic) bond motifs is 1. The van der Waals surface area contributed by atoms with Crippen LogP contribution in [0, 0.1) is 19.7 Å². The number of halogens is 1. The smallest absolute Gasteiger partial charge is 0.256 e. The molecule has 5 rings (SSSR count). The lowest BCUT2D eigenvalue weighted by Crippen LogP contribution is -2.34. The molecular weight excluding hydrogens is 455 g/mol. The first kappa shape index (κ1) is 24.0. The highest BCUT2D eigenvalue weighted by Crippen LogP contribution is 2.41. The number of amides is 2. The fourth-order valence-corrected chi connectivity index (χ4v) is 5.24. The molecule has 2 aliphatic rings. The third-order valence-corrected chi connectivity index (χ3v) is 7.20. The van der Waals surface area contributed by atoms with Gasteiger partial charge in [-0.15, -0.1) is 0 Å². The molecule has 0 atom stereocenters. The van der Waals surface area contributed by atoms with E-state index in [1.807, 2.05) is 38.1 Å². The summed E-state index contributed by atoms with van der Waals surface area (Å²) >= 11 is 0. The maximum absolute atomic E-state index is 14.6. The van der Waals surface area contributed by atoms with Crippen molar-refractivity contribution in [3.05, 3.63) is 76.4 Å². The summed E-state index contributed by atoms with van der Waals surface area (Å²) < 4.78 is 14.6. The summed E-state index contributed by atoms with van der Waals surface area (Å²) in [6, 6.07) is 12.0. The van der Waals surface area contributed by atoms with Crippen molar-refractivity contribution in [1.29, 1.82) is 0 Å². The standard InChI is InChI=1S/C29H31FN4O2/c1-18-22(17-27(35)31-12-15-34-13-5-6-14-34)19(2)32-26(18)16-23-28-21(20-8-3-4-10-24(20)30)9-7-11-25(28)33-29(23)36/h3-4,7-11,16,32H,5-6,12-15,17H2,1-2H3,(H,31,35)(H,33,36). The summed E-state index contributed by atoms with van der Waals surface area (Å²) in [5.41, 5.74) is 6.45. The van der Waals surface area contributed by atoms with Crippen molar-refractivity contribution in [2.24, 2.45) is 0 Å². The molecule has 0 radical (unpaired) electrons. The number of hydrogen-bond acceptors (Lipinski definition) is 3. The van der Waals surface area contributed by atoms with Crippen molar-refractivity contribution in [2.75, 3.05) is 31.5 Å². The van der Waals surface area contributed by atoms with E-state index in [1.165, 1.54) is 18.9 Å². The molecule has 36 heavy (non-hydrogen) atoms. The monoisotopic (exact) mass is 486 g/mol. The number of rotatable bonds is 7. The summed E-state index contributed by atoms with van der Waals surface area (Å²) in [6.45, 7) is 7.65. The van der Waals surface area contributed by atoms with Gasteiger partial charge in [0.15, 0.2) is 0 Å². The van der Waals surface area contributed by atoms with E-state index in [0.29, 0.717) is 34.5 Å². The molecule has 1 fully saturated rings. The van der Waals surface area contributed by atoms with Crippen LogP contribution >= 0.6 is 0 Å². The van der Waals surface area contributed by atoms with Crippen molar-refractivity contribution in [1.82, 2.24) is 15.2 Å². The van der Waals surface area contributed by atoms with E-state index in [4.69, 9.17) is 0 Å². The van der Waals surface area contributed by atoms with Gasteiger partial charge in [-0.3, -0.25) is 9.59 Å². The Kier molecular flexibility index (Phi) is 6.74. The highest BCUT2D eigenvalue weighted by atomic mass is 19.1. The fraction of sp³-hybridized carbons (Fsp3) is 0.310. The molecule has 3 N–H and O–H groups in total. The van der Waals surface area contributed by atoms with E-state index in [-0.39, 0.29) is 24.1 Å². The van der Waals surface area contributed by atoms with Crippen LogP contribution in [0.2, 0.25) is 0 Å². The molecular formula is C29H31FN4O2. The number of aromatic nitrogens is 1. The molecule has 1 saturated heterocycles. The van der Waals surface area contributed by atoms with E-state index < -0.39 is 0 Å². The minimum atomic E-state index is -0.338. The highest BCUT2D eigenvalue weighted by molar-refractivity contribution is 6.36. The van der Waals surface area contributed by atoms with Gasteiger partial charge in [0, 0.05) is 41.3 Å². The number of likely N-dealkylation sites (tertiary alicyclic amines) is 1. The Morgan fingerprint density at radius 3 is 2.61 bits per heavy atom. The van der Waals surface area contributed by atoms with Crippen LogP contribution in [-0.4, -0.2) is 47.9 Å². The third-order valence-electron chi connectivity index (χ3n) is 7.20. The topological polar surface area (TPSA) is 77.2 Å². The van der Waals surface area contributed by atoms with Gasteiger partial charge in [-0.2, -0.15) is 0 Å². The van der Waals surface area contributed by atoms with Gasteiger partial charge in [-0.1, -0.05) is 30.3 Å². The van der Waals surface area contributed by atoms with E-state index in [0.717, 1.165) is 42.1 Å². The second-order valence-electron chi connectivity index (χ2n) is 9.56. The van der Waals surface area contributed by atoms with E-state index >= 15 is 0 Å². The van der Waals surface area contributed by atoms with Gasteiger partial charge >= 0.3 is 0 Å². The lowest BCUT2D eigenvalue weighted by Gasteiger charge is -2.14. The van der Waals surface area contributed by atoms with Gasteiger partial charge in [0.2, 0.25) is 5.91 Å². The Hall–Kier alpha value is -3.71. The number of benzene rings is 2. The number of anilines is 1. The zero-order chi connectivity index (χ0) is 25.2. The Bertz CT molecular complexity index is 1350. The zero-order valence-electron chi connectivity index (χ0n) is 20.7. The average Bonchev–Trinajstić information content (AvgIpc) is 3.55. The average molecular weight is 487 g/mol. The van der Waals surface area contributed by atoms with Crippen molar-refractivity contribution in [3.63, 3.8) is 0 Å². The van der Waals surface area contributed by atoms with Gasteiger partial charge in [0.05, 0.1) is 12.0 Å². The molecule has 7 heteroatoms. The Morgan fingerprint density at radius 2 is 1.83 bits per heavy atom. The number of carbonyl (C=O) groups excluding carboxylic acids is 2. The minimum absolute atomic E-state index is 0.00982. The maximum Gasteiger partial charge on any atom is 0.256 e. The predicted molar refractivity (Wildman–Crippen MR) is 141 cm³/mol. The van der Waals surface area contributed by atoms with Crippen molar-refractivity contribution < 1.29 is 14.0 Å². The molecule has 3 aromatic rings. The van der Waals surface area contributed by atoms with E-state index in [1.54, 1.807) is 18.2 Å². The molecule has 0 unspecified atom stereocenters. The van der Waals surface area contributed by atoms with Gasteiger partial charge < -0.3 is 20.5 Å². The van der Waals surface area contributed by atoms with Crippen LogP contribution in [0.4, 0.5) is 10.1 Å². The Morgan fingerprint density at radius 1 is 1.08 bits per heavy atom. The molecule has 1 aromatic heterocycles. The number of carbonyl (C=O) groups is 2. The molecule has 0 saturated carbocycles. The largest absolute Gasteiger partial charge is 0.359 e. The maximum atomic E-state index is 14.6. The molecule has 0 bridgehead atoms. The van der Waals surface area contributed by atoms with Crippen LogP contribution in [0.1, 0.15) is 40.9 Å². The second-order valence-corrected chi connectivity index (χ2v) is 9.56. The highest BCUT2D eigenvalue weighted by Gasteiger charge is 2.28. The Labute approximate surface area is 210 Å². The lowest BCUT2D eigenvalue weighted by atomic mass is 9.93. The normalized spacial score (nSPS) is 16.4. The van der Waals surface area contributed by atoms with Gasteiger partial charge in [-0.05, 0) is 74.7 Å². The summed E-state index contributed by atoms with van der Waals surface area (Å²) in [5, 5.41) is 5.94. The molecule has 2 aromatic carbocycles. The molecule has 2 amide bonds. The van der Waals surface area contributed by atoms with Crippen LogP contribution in [0.25, 0.3) is 22.8 Å². The van der Waals surface area contributed by atoms with Crippen molar-refractivity contribution in [3.8, 4) is 11.1 Å². The first-order valence-corrected chi connectivity index (χ1v) is 12.5. The molecule has 0 aliphatic carbocycles. The summed E-state index contributed by atoms with van der Waals surface area (Å²) in [7, 11) is 0.